The number of carbonyl (C=O) groups is 1. The van der Waals surface area contributed by atoms with Crippen LogP contribution in [-0.2, 0) is 11.2 Å². The summed E-state index contributed by atoms with van der Waals surface area (Å²) in [4.78, 5) is 16.7. The van der Waals surface area contributed by atoms with Crippen molar-refractivity contribution >= 4 is 11.7 Å². The highest BCUT2D eigenvalue weighted by Gasteiger charge is 2.22. The number of anilines is 1. The summed E-state index contributed by atoms with van der Waals surface area (Å²) in [5.74, 6) is 1.10. The van der Waals surface area contributed by atoms with Crippen LogP contribution < -0.4 is 4.90 Å². The van der Waals surface area contributed by atoms with Gasteiger partial charge in [0.1, 0.15) is 0 Å². The molecule has 2 aromatic carbocycles. The minimum atomic E-state index is 0.231. The van der Waals surface area contributed by atoms with E-state index in [2.05, 4.69) is 46.3 Å². The number of nitrogens with zero attached hydrogens (tertiary/aromatic N) is 4. The quantitative estimate of drug-likeness (QED) is 0.670. The van der Waals surface area contributed by atoms with Crippen LogP contribution in [0.1, 0.15) is 17.5 Å². The number of carbonyl (C=O) groups excluding carboxylic acids is 1. The van der Waals surface area contributed by atoms with Gasteiger partial charge in [-0.1, -0.05) is 54.6 Å². The summed E-state index contributed by atoms with van der Waals surface area (Å²) >= 11 is 0. The number of piperazine rings is 1. The van der Waals surface area contributed by atoms with Gasteiger partial charge in [0.25, 0.3) is 0 Å². The van der Waals surface area contributed by atoms with Crippen LogP contribution in [-0.4, -0.2) is 47.2 Å². The molecule has 0 saturated carbocycles. The zero-order chi connectivity index (χ0) is 20.1. The monoisotopic (exact) mass is 386 g/mol. The highest BCUT2D eigenvalue weighted by atomic mass is 16.2. The molecule has 3 aromatic rings. The molecule has 1 saturated heterocycles. The van der Waals surface area contributed by atoms with E-state index in [1.54, 1.807) is 0 Å². The number of hydrogen-bond donors (Lipinski definition) is 0. The molecule has 4 rings (SSSR count). The molecular weight excluding hydrogens is 360 g/mol. The SMILES string of the molecule is Cc1ccccc1-c1ccc(N2CCN(C(=O)CCc3ccccc3)CC2)nn1. The summed E-state index contributed by atoms with van der Waals surface area (Å²) in [5, 5.41) is 8.87. The molecule has 1 amide bonds. The van der Waals surface area contributed by atoms with E-state index in [0.29, 0.717) is 6.42 Å². The van der Waals surface area contributed by atoms with Crippen LogP contribution in [0.15, 0.2) is 66.7 Å². The molecule has 5 heteroatoms. The number of benzene rings is 2. The van der Waals surface area contributed by atoms with Crippen molar-refractivity contribution in [3.8, 4) is 11.3 Å². The van der Waals surface area contributed by atoms with E-state index in [4.69, 9.17) is 0 Å². The zero-order valence-corrected chi connectivity index (χ0v) is 16.8. The molecule has 1 aliphatic heterocycles. The van der Waals surface area contributed by atoms with Gasteiger partial charge in [-0.3, -0.25) is 4.79 Å². The maximum Gasteiger partial charge on any atom is 0.223 e. The summed E-state index contributed by atoms with van der Waals surface area (Å²) in [6, 6.07) is 22.4. The van der Waals surface area contributed by atoms with Crippen molar-refractivity contribution < 1.29 is 4.79 Å². The maximum atomic E-state index is 12.5. The molecule has 1 fully saturated rings. The van der Waals surface area contributed by atoms with Gasteiger partial charge in [0.05, 0.1) is 5.69 Å². The van der Waals surface area contributed by atoms with E-state index in [1.807, 2.05) is 47.4 Å². The minimum absolute atomic E-state index is 0.231. The average Bonchev–Trinajstić information content (AvgIpc) is 2.79. The van der Waals surface area contributed by atoms with Gasteiger partial charge in [0.2, 0.25) is 5.91 Å². The Hall–Kier alpha value is -3.21. The molecule has 0 radical (unpaired) electrons. The van der Waals surface area contributed by atoms with E-state index >= 15 is 0 Å². The second-order valence-corrected chi connectivity index (χ2v) is 7.45. The zero-order valence-electron chi connectivity index (χ0n) is 16.8. The molecule has 0 atom stereocenters. The fourth-order valence-corrected chi connectivity index (χ4v) is 3.74. The van der Waals surface area contributed by atoms with Crippen LogP contribution >= 0.6 is 0 Å². The molecular formula is C24H26N4O. The number of hydrogen-bond acceptors (Lipinski definition) is 4. The molecule has 1 aliphatic rings. The third kappa shape index (κ3) is 4.62. The molecule has 0 unspecified atom stereocenters. The standard InChI is InChI=1S/C24H26N4O/c1-19-7-5-6-10-21(19)22-12-13-23(26-25-22)27-15-17-28(18-16-27)24(29)14-11-20-8-3-2-4-9-20/h2-10,12-13H,11,14-18H2,1H3. The molecule has 148 valence electrons. The summed E-state index contributed by atoms with van der Waals surface area (Å²) in [5.41, 5.74) is 4.41. The Bertz CT molecular complexity index is 948. The normalized spacial score (nSPS) is 14.1. The Morgan fingerprint density at radius 3 is 2.28 bits per heavy atom. The van der Waals surface area contributed by atoms with Crippen molar-refractivity contribution in [3.63, 3.8) is 0 Å². The molecule has 29 heavy (non-hydrogen) atoms. The maximum absolute atomic E-state index is 12.5. The van der Waals surface area contributed by atoms with E-state index in [0.717, 1.165) is 49.7 Å². The van der Waals surface area contributed by atoms with Crippen LogP contribution in [0.5, 0.6) is 0 Å². The second-order valence-electron chi connectivity index (χ2n) is 7.45. The predicted molar refractivity (Wildman–Crippen MR) is 116 cm³/mol. The largest absolute Gasteiger partial charge is 0.352 e. The predicted octanol–water partition coefficient (Wildman–Crippen LogP) is 3.73. The summed E-state index contributed by atoms with van der Waals surface area (Å²) in [6.07, 6.45) is 1.36. The van der Waals surface area contributed by atoms with Crippen LogP contribution in [0, 0.1) is 6.92 Å². The fraction of sp³-hybridized carbons (Fsp3) is 0.292. The molecule has 2 heterocycles. The number of rotatable bonds is 5. The first-order valence-corrected chi connectivity index (χ1v) is 10.2. The van der Waals surface area contributed by atoms with Gasteiger partial charge in [-0.2, -0.15) is 0 Å². The third-order valence-corrected chi connectivity index (χ3v) is 5.50. The van der Waals surface area contributed by atoms with Gasteiger partial charge in [0.15, 0.2) is 5.82 Å². The summed E-state index contributed by atoms with van der Waals surface area (Å²) in [6.45, 7) is 5.12. The number of amides is 1. The molecule has 0 N–H and O–H groups in total. The first-order chi connectivity index (χ1) is 14.2. The van der Waals surface area contributed by atoms with E-state index < -0.39 is 0 Å². The van der Waals surface area contributed by atoms with Crippen LogP contribution in [0.4, 0.5) is 5.82 Å². The fourth-order valence-electron chi connectivity index (χ4n) is 3.74. The van der Waals surface area contributed by atoms with Crippen molar-refractivity contribution in [3.05, 3.63) is 77.9 Å². The molecule has 1 aromatic heterocycles. The molecule has 0 bridgehead atoms. The minimum Gasteiger partial charge on any atom is -0.352 e. The molecule has 0 aliphatic carbocycles. The first-order valence-electron chi connectivity index (χ1n) is 10.2. The second kappa shape index (κ2) is 8.86. The number of aryl methyl sites for hydroxylation is 2. The van der Waals surface area contributed by atoms with Gasteiger partial charge in [-0.25, -0.2) is 0 Å². The Balaban J connectivity index is 1.31. The van der Waals surface area contributed by atoms with E-state index in [1.165, 1.54) is 11.1 Å². The first kappa shape index (κ1) is 19.1. The Kier molecular flexibility index (Phi) is 5.84. The van der Waals surface area contributed by atoms with Crippen LogP contribution in [0.3, 0.4) is 0 Å². The van der Waals surface area contributed by atoms with Gasteiger partial charge < -0.3 is 9.80 Å². The Morgan fingerprint density at radius 1 is 0.862 bits per heavy atom. The van der Waals surface area contributed by atoms with Crippen molar-refractivity contribution in [1.82, 2.24) is 15.1 Å². The molecule has 5 nitrogen and oxygen atoms in total. The van der Waals surface area contributed by atoms with Gasteiger partial charge in [-0.05, 0) is 36.6 Å². The summed E-state index contributed by atoms with van der Waals surface area (Å²) in [7, 11) is 0. The average molecular weight is 386 g/mol. The van der Waals surface area contributed by atoms with E-state index in [9.17, 15) is 4.79 Å². The van der Waals surface area contributed by atoms with Crippen LogP contribution in [0.25, 0.3) is 11.3 Å². The van der Waals surface area contributed by atoms with Gasteiger partial charge >= 0.3 is 0 Å². The van der Waals surface area contributed by atoms with Crippen molar-refractivity contribution in [1.29, 1.82) is 0 Å². The summed E-state index contributed by atoms with van der Waals surface area (Å²) < 4.78 is 0. The lowest BCUT2D eigenvalue weighted by molar-refractivity contribution is -0.131. The highest BCUT2D eigenvalue weighted by Crippen LogP contribution is 2.22. The van der Waals surface area contributed by atoms with Crippen molar-refractivity contribution in [2.75, 3.05) is 31.1 Å². The van der Waals surface area contributed by atoms with Crippen LogP contribution in [0.2, 0.25) is 0 Å². The molecule has 0 spiro atoms. The lowest BCUT2D eigenvalue weighted by Crippen LogP contribution is -2.49. The topological polar surface area (TPSA) is 49.3 Å². The third-order valence-electron chi connectivity index (χ3n) is 5.50. The smallest absolute Gasteiger partial charge is 0.223 e. The van der Waals surface area contributed by atoms with Crippen molar-refractivity contribution in [2.24, 2.45) is 0 Å². The van der Waals surface area contributed by atoms with Crippen molar-refractivity contribution in [2.45, 2.75) is 19.8 Å². The Morgan fingerprint density at radius 2 is 1.59 bits per heavy atom. The van der Waals surface area contributed by atoms with Gasteiger partial charge in [0, 0.05) is 38.2 Å². The number of aromatic nitrogens is 2. The highest BCUT2D eigenvalue weighted by molar-refractivity contribution is 5.76. The Labute approximate surface area is 172 Å². The lowest BCUT2D eigenvalue weighted by atomic mass is 10.1. The lowest BCUT2D eigenvalue weighted by Gasteiger charge is -2.35. The van der Waals surface area contributed by atoms with E-state index in [-0.39, 0.29) is 5.91 Å². The van der Waals surface area contributed by atoms with Gasteiger partial charge in [-0.15, -0.1) is 10.2 Å².